The molecule has 1 aliphatic carbocycles. The maximum Gasteiger partial charge on any atom is 0.223 e. The van der Waals surface area contributed by atoms with Crippen LogP contribution in [0.4, 0.5) is 0 Å². The van der Waals surface area contributed by atoms with Crippen LogP contribution in [0, 0.1) is 11.8 Å². The molecule has 19 heavy (non-hydrogen) atoms. The van der Waals surface area contributed by atoms with Crippen LogP contribution in [0.5, 0.6) is 0 Å². The number of hydrogen-bond donors (Lipinski definition) is 1. The highest BCUT2D eigenvalue weighted by Gasteiger charge is 2.26. The van der Waals surface area contributed by atoms with Gasteiger partial charge in [-0.1, -0.05) is 0 Å². The van der Waals surface area contributed by atoms with E-state index < -0.39 is 0 Å². The average molecular weight is 268 g/mol. The van der Waals surface area contributed by atoms with Crippen molar-refractivity contribution in [1.29, 1.82) is 0 Å². The van der Waals surface area contributed by atoms with Crippen molar-refractivity contribution in [3.05, 3.63) is 0 Å². The molecule has 1 N–H and O–H groups in total. The van der Waals surface area contributed by atoms with Crippen LogP contribution in [0.15, 0.2) is 0 Å². The van der Waals surface area contributed by atoms with Crippen LogP contribution < -0.4 is 5.32 Å². The zero-order chi connectivity index (χ0) is 13.7. The van der Waals surface area contributed by atoms with Gasteiger partial charge in [0.1, 0.15) is 0 Å². The highest BCUT2D eigenvalue weighted by Crippen LogP contribution is 2.26. The Morgan fingerprint density at radius 1 is 1.26 bits per heavy atom. The molecule has 1 atom stereocenters. The second-order valence-electron chi connectivity index (χ2n) is 6.22. The van der Waals surface area contributed by atoms with Gasteiger partial charge in [-0.15, -0.1) is 0 Å². The van der Waals surface area contributed by atoms with Crippen molar-refractivity contribution in [3.8, 4) is 0 Å². The van der Waals surface area contributed by atoms with Gasteiger partial charge in [0.05, 0.1) is 6.10 Å². The van der Waals surface area contributed by atoms with E-state index in [1.54, 1.807) is 7.11 Å². The number of nitrogens with one attached hydrogen (secondary N) is 1. The van der Waals surface area contributed by atoms with Crippen LogP contribution in [0.1, 0.15) is 38.5 Å². The average Bonchev–Trinajstić information content (AvgIpc) is 2.45. The molecular weight excluding hydrogens is 240 g/mol. The molecule has 1 aliphatic heterocycles. The monoisotopic (exact) mass is 268 g/mol. The Labute approximate surface area is 116 Å². The van der Waals surface area contributed by atoms with Crippen LogP contribution in [-0.4, -0.2) is 50.7 Å². The molecule has 0 aromatic carbocycles. The lowest BCUT2D eigenvalue weighted by Crippen LogP contribution is -2.41. The zero-order valence-corrected chi connectivity index (χ0v) is 12.4. The van der Waals surface area contributed by atoms with Crippen molar-refractivity contribution in [3.63, 3.8) is 0 Å². The first-order valence-corrected chi connectivity index (χ1v) is 7.68. The smallest absolute Gasteiger partial charge is 0.223 e. The SMILES string of the molecule is COC1CCC(C(=O)NCC2CCCN(C)C2)CC1. The van der Waals surface area contributed by atoms with E-state index >= 15 is 0 Å². The van der Waals surface area contributed by atoms with Gasteiger partial charge in [0.2, 0.25) is 5.91 Å². The Bertz CT molecular complexity index is 288. The molecule has 1 heterocycles. The topological polar surface area (TPSA) is 41.6 Å². The highest BCUT2D eigenvalue weighted by atomic mass is 16.5. The van der Waals surface area contributed by atoms with E-state index in [1.165, 1.54) is 19.4 Å². The first-order chi connectivity index (χ1) is 9.19. The third-order valence-electron chi connectivity index (χ3n) is 4.67. The molecule has 0 aromatic rings. The van der Waals surface area contributed by atoms with Gasteiger partial charge in [-0.2, -0.15) is 0 Å². The van der Waals surface area contributed by atoms with Crippen molar-refractivity contribution in [2.75, 3.05) is 33.8 Å². The summed E-state index contributed by atoms with van der Waals surface area (Å²) in [5, 5.41) is 3.17. The van der Waals surface area contributed by atoms with Gasteiger partial charge in [-0.25, -0.2) is 0 Å². The maximum atomic E-state index is 12.2. The second-order valence-corrected chi connectivity index (χ2v) is 6.22. The van der Waals surface area contributed by atoms with Gasteiger partial charge in [0.25, 0.3) is 0 Å². The first-order valence-electron chi connectivity index (χ1n) is 7.68. The van der Waals surface area contributed by atoms with Crippen LogP contribution in [0.3, 0.4) is 0 Å². The number of piperidine rings is 1. The minimum Gasteiger partial charge on any atom is -0.381 e. The number of ether oxygens (including phenoxy) is 1. The highest BCUT2D eigenvalue weighted by molar-refractivity contribution is 5.78. The third-order valence-corrected chi connectivity index (χ3v) is 4.67. The fraction of sp³-hybridized carbons (Fsp3) is 0.933. The summed E-state index contributed by atoms with van der Waals surface area (Å²) in [5.41, 5.74) is 0. The Morgan fingerprint density at radius 3 is 2.63 bits per heavy atom. The molecule has 0 radical (unpaired) electrons. The molecule has 1 unspecified atom stereocenters. The quantitative estimate of drug-likeness (QED) is 0.843. The molecule has 0 spiro atoms. The van der Waals surface area contributed by atoms with Crippen LogP contribution >= 0.6 is 0 Å². The van der Waals surface area contributed by atoms with Crippen molar-refractivity contribution < 1.29 is 9.53 Å². The van der Waals surface area contributed by atoms with Gasteiger partial charge in [-0.3, -0.25) is 4.79 Å². The van der Waals surface area contributed by atoms with E-state index in [0.717, 1.165) is 38.8 Å². The predicted octanol–water partition coefficient (Wildman–Crippen LogP) is 1.65. The lowest BCUT2D eigenvalue weighted by molar-refractivity contribution is -0.127. The molecule has 2 fully saturated rings. The standard InChI is InChI=1S/C15H28N2O2/c1-17-9-3-4-12(11-17)10-16-15(18)13-5-7-14(19-2)8-6-13/h12-14H,3-11H2,1-2H3,(H,16,18). The van der Waals surface area contributed by atoms with E-state index in [-0.39, 0.29) is 11.8 Å². The Kier molecular flexibility index (Phi) is 5.64. The van der Waals surface area contributed by atoms with Crippen molar-refractivity contribution >= 4 is 5.91 Å². The number of carbonyl (C=O) groups excluding carboxylic acids is 1. The van der Waals surface area contributed by atoms with Crippen molar-refractivity contribution in [2.24, 2.45) is 11.8 Å². The first kappa shape index (κ1) is 14.8. The summed E-state index contributed by atoms with van der Waals surface area (Å²) in [5.74, 6) is 1.12. The van der Waals surface area contributed by atoms with Gasteiger partial charge < -0.3 is 15.0 Å². The normalized spacial score (nSPS) is 33.1. The number of rotatable bonds is 4. The molecule has 2 rings (SSSR count). The van der Waals surface area contributed by atoms with E-state index in [2.05, 4.69) is 17.3 Å². The summed E-state index contributed by atoms with van der Waals surface area (Å²) in [6.45, 7) is 3.18. The molecule has 4 nitrogen and oxygen atoms in total. The molecule has 110 valence electrons. The van der Waals surface area contributed by atoms with E-state index in [0.29, 0.717) is 12.0 Å². The van der Waals surface area contributed by atoms with Gasteiger partial charge in [0.15, 0.2) is 0 Å². The fourth-order valence-electron chi connectivity index (χ4n) is 3.39. The minimum absolute atomic E-state index is 0.215. The summed E-state index contributed by atoms with van der Waals surface area (Å²) >= 11 is 0. The largest absolute Gasteiger partial charge is 0.381 e. The number of methoxy groups -OCH3 is 1. The van der Waals surface area contributed by atoms with E-state index in [9.17, 15) is 4.79 Å². The number of amides is 1. The van der Waals surface area contributed by atoms with Crippen molar-refractivity contribution in [2.45, 2.75) is 44.6 Å². The van der Waals surface area contributed by atoms with Gasteiger partial charge in [0, 0.05) is 26.1 Å². The summed E-state index contributed by atoms with van der Waals surface area (Å²) in [4.78, 5) is 14.5. The Balaban J connectivity index is 1.67. The summed E-state index contributed by atoms with van der Waals surface area (Å²) in [6.07, 6.45) is 6.90. The summed E-state index contributed by atoms with van der Waals surface area (Å²) < 4.78 is 5.35. The molecule has 1 saturated carbocycles. The third kappa shape index (κ3) is 4.46. The van der Waals surface area contributed by atoms with Crippen LogP contribution in [-0.2, 0) is 9.53 Å². The molecule has 0 bridgehead atoms. The van der Waals surface area contributed by atoms with Gasteiger partial charge in [-0.05, 0) is 58.0 Å². The molecular formula is C15H28N2O2. The van der Waals surface area contributed by atoms with Crippen LogP contribution in [0.25, 0.3) is 0 Å². The number of carbonyl (C=O) groups is 1. The van der Waals surface area contributed by atoms with Crippen LogP contribution in [0.2, 0.25) is 0 Å². The molecule has 0 aromatic heterocycles. The lowest BCUT2D eigenvalue weighted by atomic mass is 9.86. The molecule has 2 aliphatic rings. The predicted molar refractivity (Wildman–Crippen MR) is 76.0 cm³/mol. The Morgan fingerprint density at radius 2 is 2.00 bits per heavy atom. The fourth-order valence-corrected chi connectivity index (χ4v) is 3.39. The minimum atomic E-state index is 0.215. The summed E-state index contributed by atoms with van der Waals surface area (Å²) in [7, 11) is 3.94. The number of nitrogens with zero attached hydrogens (tertiary/aromatic N) is 1. The Hall–Kier alpha value is -0.610. The molecule has 1 saturated heterocycles. The van der Waals surface area contributed by atoms with Gasteiger partial charge >= 0.3 is 0 Å². The summed E-state index contributed by atoms with van der Waals surface area (Å²) in [6, 6.07) is 0. The van der Waals surface area contributed by atoms with E-state index in [4.69, 9.17) is 4.74 Å². The lowest BCUT2D eigenvalue weighted by Gasteiger charge is -2.31. The van der Waals surface area contributed by atoms with Crippen molar-refractivity contribution in [1.82, 2.24) is 10.2 Å². The number of hydrogen-bond acceptors (Lipinski definition) is 3. The zero-order valence-electron chi connectivity index (χ0n) is 12.4. The van der Waals surface area contributed by atoms with E-state index in [1.807, 2.05) is 0 Å². The number of likely N-dealkylation sites (tertiary alicyclic amines) is 1. The molecule has 1 amide bonds. The maximum absolute atomic E-state index is 12.2. The second kappa shape index (κ2) is 7.25. The molecule has 4 heteroatoms.